The standard InChI is InChI=1S/C20H21N3O4/c1-14-2-8-17(9-3-14)27-13-12-21-20(26)15-4-6-16(7-5-15)23-19(25)11-10-18(24)22-23/h2-9H,10-13H2,1H3,(H,21,26)(H,22,24). The zero-order valence-corrected chi connectivity index (χ0v) is 15.0. The highest BCUT2D eigenvalue weighted by molar-refractivity contribution is 6.01. The number of carbonyl (C=O) groups is 3. The molecule has 2 aromatic carbocycles. The summed E-state index contributed by atoms with van der Waals surface area (Å²) >= 11 is 0. The monoisotopic (exact) mass is 367 g/mol. The van der Waals surface area contributed by atoms with Crippen LogP contribution in [0.1, 0.15) is 28.8 Å². The van der Waals surface area contributed by atoms with Gasteiger partial charge in [-0.1, -0.05) is 17.7 Å². The van der Waals surface area contributed by atoms with Crippen molar-refractivity contribution in [3.05, 3.63) is 59.7 Å². The molecule has 2 aromatic rings. The molecule has 140 valence electrons. The Morgan fingerprint density at radius 3 is 2.48 bits per heavy atom. The first kappa shape index (κ1) is 18.4. The average Bonchev–Trinajstić information content (AvgIpc) is 2.68. The van der Waals surface area contributed by atoms with E-state index in [0.29, 0.717) is 24.4 Å². The van der Waals surface area contributed by atoms with E-state index in [1.165, 1.54) is 5.01 Å². The first-order chi connectivity index (χ1) is 13.0. The molecule has 2 N–H and O–H groups in total. The summed E-state index contributed by atoms with van der Waals surface area (Å²) in [5.41, 5.74) is 4.66. The van der Waals surface area contributed by atoms with Crippen LogP contribution in [0.2, 0.25) is 0 Å². The van der Waals surface area contributed by atoms with Gasteiger partial charge in [-0.15, -0.1) is 0 Å². The van der Waals surface area contributed by atoms with Crippen molar-refractivity contribution in [3.8, 4) is 5.75 Å². The lowest BCUT2D eigenvalue weighted by Gasteiger charge is -2.27. The van der Waals surface area contributed by atoms with Crippen molar-refractivity contribution in [1.82, 2.24) is 10.7 Å². The maximum absolute atomic E-state index is 12.2. The fourth-order valence-electron chi connectivity index (χ4n) is 2.62. The van der Waals surface area contributed by atoms with E-state index in [1.807, 2.05) is 31.2 Å². The number of hydrazine groups is 1. The molecule has 0 radical (unpaired) electrons. The van der Waals surface area contributed by atoms with Crippen LogP contribution in [0.5, 0.6) is 5.75 Å². The minimum Gasteiger partial charge on any atom is -0.492 e. The van der Waals surface area contributed by atoms with Crippen molar-refractivity contribution < 1.29 is 19.1 Å². The fraction of sp³-hybridized carbons (Fsp3) is 0.250. The quantitative estimate of drug-likeness (QED) is 0.764. The normalized spacial score (nSPS) is 13.9. The van der Waals surface area contributed by atoms with Crippen LogP contribution in [0, 0.1) is 6.92 Å². The molecule has 0 unspecified atom stereocenters. The van der Waals surface area contributed by atoms with Gasteiger partial charge in [0.25, 0.3) is 5.91 Å². The van der Waals surface area contributed by atoms with Gasteiger partial charge in [0.15, 0.2) is 0 Å². The second kappa shape index (κ2) is 8.35. The number of carbonyl (C=O) groups excluding carboxylic acids is 3. The summed E-state index contributed by atoms with van der Waals surface area (Å²) in [5, 5.41) is 3.99. The minimum atomic E-state index is -0.233. The summed E-state index contributed by atoms with van der Waals surface area (Å²) in [6.07, 6.45) is 0.371. The Labute approximate surface area is 157 Å². The lowest BCUT2D eigenvalue weighted by Crippen LogP contribution is -2.50. The Morgan fingerprint density at radius 2 is 1.78 bits per heavy atom. The van der Waals surface area contributed by atoms with Gasteiger partial charge in [-0.05, 0) is 43.3 Å². The Kier molecular flexibility index (Phi) is 5.71. The molecule has 0 bridgehead atoms. The van der Waals surface area contributed by atoms with E-state index in [4.69, 9.17) is 4.74 Å². The Hall–Kier alpha value is -3.35. The molecule has 0 aromatic heterocycles. The molecule has 3 rings (SSSR count). The van der Waals surface area contributed by atoms with E-state index in [-0.39, 0.29) is 30.6 Å². The van der Waals surface area contributed by atoms with E-state index < -0.39 is 0 Å². The summed E-state index contributed by atoms with van der Waals surface area (Å²) in [5.74, 6) is 0.139. The highest BCUT2D eigenvalue weighted by Gasteiger charge is 2.24. The molecule has 7 nitrogen and oxygen atoms in total. The van der Waals surface area contributed by atoms with Gasteiger partial charge in [-0.25, -0.2) is 5.01 Å². The number of aryl methyl sites for hydroxylation is 1. The van der Waals surface area contributed by atoms with Gasteiger partial charge in [0.2, 0.25) is 11.8 Å². The fourth-order valence-corrected chi connectivity index (χ4v) is 2.62. The van der Waals surface area contributed by atoms with E-state index >= 15 is 0 Å². The molecule has 1 aliphatic heterocycles. The van der Waals surface area contributed by atoms with Gasteiger partial charge in [0.05, 0.1) is 12.2 Å². The van der Waals surface area contributed by atoms with E-state index in [2.05, 4.69) is 10.7 Å². The van der Waals surface area contributed by atoms with Crippen LogP contribution in [-0.4, -0.2) is 30.9 Å². The third kappa shape index (κ3) is 4.84. The number of amides is 3. The Balaban J connectivity index is 1.49. The minimum absolute atomic E-state index is 0.176. The van der Waals surface area contributed by atoms with Crippen molar-refractivity contribution in [1.29, 1.82) is 0 Å². The Bertz CT molecular complexity index is 831. The lowest BCUT2D eigenvalue weighted by molar-refractivity contribution is -0.130. The van der Waals surface area contributed by atoms with E-state index in [1.54, 1.807) is 24.3 Å². The molecule has 1 heterocycles. The van der Waals surface area contributed by atoms with Gasteiger partial charge in [0.1, 0.15) is 12.4 Å². The second-order valence-corrected chi connectivity index (χ2v) is 6.23. The van der Waals surface area contributed by atoms with Crippen LogP contribution in [0.3, 0.4) is 0 Å². The third-order valence-electron chi connectivity index (χ3n) is 4.12. The maximum atomic E-state index is 12.2. The first-order valence-corrected chi connectivity index (χ1v) is 8.73. The molecule has 0 spiro atoms. The van der Waals surface area contributed by atoms with Crippen molar-refractivity contribution in [3.63, 3.8) is 0 Å². The number of rotatable bonds is 6. The van der Waals surface area contributed by atoms with Crippen molar-refractivity contribution in [2.75, 3.05) is 18.2 Å². The number of ether oxygens (including phenoxy) is 1. The zero-order valence-electron chi connectivity index (χ0n) is 15.0. The number of benzene rings is 2. The second-order valence-electron chi connectivity index (χ2n) is 6.23. The molecular formula is C20H21N3O4. The lowest BCUT2D eigenvalue weighted by atomic mass is 10.1. The predicted octanol–water partition coefficient (Wildman–Crippen LogP) is 1.96. The summed E-state index contributed by atoms with van der Waals surface area (Å²) in [6.45, 7) is 2.74. The van der Waals surface area contributed by atoms with Crippen LogP contribution in [0.4, 0.5) is 5.69 Å². The number of anilines is 1. The number of hydrogen-bond acceptors (Lipinski definition) is 4. The van der Waals surface area contributed by atoms with E-state index in [0.717, 1.165) is 11.3 Å². The topological polar surface area (TPSA) is 87.7 Å². The predicted molar refractivity (Wildman–Crippen MR) is 100 cm³/mol. The number of nitrogens with zero attached hydrogens (tertiary/aromatic N) is 1. The SMILES string of the molecule is Cc1ccc(OCCNC(=O)c2ccc(N3NC(=O)CCC3=O)cc2)cc1. The summed E-state index contributed by atoms with van der Waals surface area (Å²) in [4.78, 5) is 35.5. The molecule has 0 saturated carbocycles. The average molecular weight is 367 g/mol. The molecule has 7 heteroatoms. The first-order valence-electron chi connectivity index (χ1n) is 8.73. The summed E-state index contributed by atoms with van der Waals surface area (Å²) in [6, 6.07) is 14.2. The van der Waals surface area contributed by atoms with Crippen LogP contribution in [-0.2, 0) is 9.59 Å². The van der Waals surface area contributed by atoms with Crippen molar-refractivity contribution in [2.24, 2.45) is 0 Å². The highest BCUT2D eigenvalue weighted by atomic mass is 16.5. The van der Waals surface area contributed by atoms with Crippen molar-refractivity contribution >= 4 is 23.4 Å². The molecule has 1 aliphatic rings. The summed E-state index contributed by atoms with van der Waals surface area (Å²) in [7, 11) is 0. The van der Waals surface area contributed by atoms with Crippen LogP contribution < -0.4 is 20.5 Å². The van der Waals surface area contributed by atoms with Gasteiger partial charge < -0.3 is 10.1 Å². The third-order valence-corrected chi connectivity index (χ3v) is 4.12. The van der Waals surface area contributed by atoms with Crippen LogP contribution >= 0.6 is 0 Å². The number of hydrogen-bond donors (Lipinski definition) is 2. The highest BCUT2D eigenvalue weighted by Crippen LogP contribution is 2.17. The summed E-state index contributed by atoms with van der Waals surface area (Å²) < 4.78 is 5.57. The van der Waals surface area contributed by atoms with Crippen LogP contribution in [0.25, 0.3) is 0 Å². The molecule has 0 aliphatic carbocycles. The molecule has 0 atom stereocenters. The van der Waals surface area contributed by atoms with Gasteiger partial charge in [-0.3, -0.25) is 19.8 Å². The van der Waals surface area contributed by atoms with Gasteiger partial charge >= 0.3 is 0 Å². The van der Waals surface area contributed by atoms with Gasteiger partial charge in [0, 0.05) is 18.4 Å². The maximum Gasteiger partial charge on any atom is 0.251 e. The molecule has 1 saturated heterocycles. The molecule has 27 heavy (non-hydrogen) atoms. The Morgan fingerprint density at radius 1 is 1.07 bits per heavy atom. The largest absolute Gasteiger partial charge is 0.492 e. The van der Waals surface area contributed by atoms with Gasteiger partial charge in [-0.2, -0.15) is 0 Å². The number of nitrogens with one attached hydrogen (secondary N) is 2. The molecule has 3 amide bonds. The molecular weight excluding hydrogens is 346 g/mol. The zero-order chi connectivity index (χ0) is 19.2. The molecule has 1 fully saturated rings. The van der Waals surface area contributed by atoms with Crippen molar-refractivity contribution in [2.45, 2.75) is 19.8 Å². The smallest absolute Gasteiger partial charge is 0.251 e. The van der Waals surface area contributed by atoms with Crippen LogP contribution in [0.15, 0.2) is 48.5 Å². The van der Waals surface area contributed by atoms with E-state index in [9.17, 15) is 14.4 Å².